The van der Waals surface area contributed by atoms with Crippen molar-refractivity contribution >= 4 is 23.6 Å². The van der Waals surface area contributed by atoms with E-state index in [9.17, 15) is 19.7 Å². The Bertz CT molecular complexity index is 664. The molecule has 1 aliphatic carbocycles. The summed E-state index contributed by atoms with van der Waals surface area (Å²) in [6, 6.07) is 6.05. The Balaban J connectivity index is 1.76. The molecule has 1 saturated carbocycles. The summed E-state index contributed by atoms with van der Waals surface area (Å²) in [4.78, 5) is 33.8. The molecule has 0 radical (unpaired) electrons. The van der Waals surface area contributed by atoms with E-state index in [1.54, 1.807) is 6.07 Å². The van der Waals surface area contributed by atoms with Gasteiger partial charge in [-0.15, -0.1) is 0 Å². The molecule has 0 aromatic heterocycles. The highest BCUT2D eigenvalue weighted by Gasteiger charge is 2.14. The monoisotopic (exact) mass is 360 g/mol. The second-order valence-corrected chi connectivity index (χ2v) is 6.40. The first-order valence-electron chi connectivity index (χ1n) is 8.93. The average molecular weight is 360 g/mol. The summed E-state index contributed by atoms with van der Waals surface area (Å²) in [6.07, 6.45) is 10.4. The number of benzene rings is 1. The van der Waals surface area contributed by atoms with Crippen LogP contribution in [0.25, 0.3) is 6.08 Å². The van der Waals surface area contributed by atoms with E-state index in [-0.39, 0.29) is 24.2 Å². The largest absolute Gasteiger partial charge is 0.452 e. The first-order chi connectivity index (χ1) is 12.5. The van der Waals surface area contributed by atoms with Crippen LogP contribution in [0.2, 0.25) is 0 Å². The average Bonchev–Trinajstić information content (AvgIpc) is 2.60. The predicted molar refractivity (Wildman–Crippen MR) is 97.3 cm³/mol. The van der Waals surface area contributed by atoms with Crippen molar-refractivity contribution < 1.29 is 19.2 Å². The van der Waals surface area contributed by atoms with E-state index < -0.39 is 10.9 Å². The zero-order valence-electron chi connectivity index (χ0n) is 14.7. The van der Waals surface area contributed by atoms with Gasteiger partial charge in [0.05, 0.1) is 4.92 Å². The summed E-state index contributed by atoms with van der Waals surface area (Å²) in [5, 5.41) is 13.6. The topological polar surface area (TPSA) is 98.5 Å². The maximum absolute atomic E-state index is 11.9. The summed E-state index contributed by atoms with van der Waals surface area (Å²) in [6.45, 7) is -0.325. The van der Waals surface area contributed by atoms with E-state index in [2.05, 4.69) is 5.32 Å². The van der Waals surface area contributed by atoms with Crippen molar-refractivity contribution in [3.05, 3.63) is 46.0 Å². The quantitative estimate of drug-likeness (QED) is 0.363. The van der Waals surface area contributed by atoms with E-state index in [0.717, 1.165) is 31.8 Å². The van der Waals surface area contributed by atoms with Crippen molar-refractivity contribution in [2.75, 3.05) is 6.61 Å². The van der Waals surface area contributed by atoms with Gasteiger partial charge in [-0.3, -0.25) is 14.9 Å². The normalized spacial score (nSPS) is 15.8. The lowest BCUT2D eigenvalue weighted by Crippen LogP contribution is -2.37. The molecule has 1 aromatic carbocycles. The molecule has 0 spiro atoms. The molecular weight excluding hydrogens is 336 g/mol. The minimum absolute atomic E-state index is 0.0564. The molecule has 0 aliphatic heterocycles. The first kappa shape index (κ1) is 19.6. The lowest BCUT2D eigenvalue weighted by Gasteiger charge is -2.20. The number of nitro benzene ring substituents is 1. The molecule has 0 unspecified atom stereocenters. The van der Waals surface area contributed by atoms with Gasteiger partial charge in [0.1, 0.15) is 0 Å². The van der Waals surface area contributed by atoms with Crippen molar-refractivity contribution in [1.29, 1.82) is 0 Å². The number of esters is 1. The van der Waals surface area contributed by atoms with E-state index >= 15 is 0 Å². The predicted octanol–water partition coefficient (Wildman–Crippen LogP) is 3.38. The second kappa shape index (κ2) is 10.3. The van der Waals surface area contributed by atoms with Gasteiger partial charge in [0.25, 0.3) is 11.6 Å². The SMILES string of the molecule is O=C(COC(=O)/C=C/c1cccc([N+](=O)[O-])c1)NC1CCCCCCC1. The van der Waals surface area contributed by atoms with Crippen LogP contribution in [0.1, 0.15) is 50.5 Å². The Kier molecular flexibility index (Phi) is 7.79. The minimum Gasteiger partial charge on any atom is -0.452 e. The molecule has 1 aromatic rings. The third-order valence-corrected chi connectivity index (χ3v) is 4.31. The molecule has 1 N–H and O–H groups in total. The van der Waals surface area contributed by atoms with E-state index in [4.69, 9.17) is 4.74 Å². The van der Waals surface area contributed by atoms with Crippen LogP contribution in [0, 0.1) is 10.1 Å². The molecule has 0 bridgehead atoms. The van der Waals surface area contributed by atoms with Crippen LogP contribution in [0.15, 0.2) is 30.3 Å². The van der Waals surface area contributed by atoms with Gasteiger partial charge in [-0.2, -0.15) is 0 Å². The van der Waals surface area contributed by atoms with Gasteiger partial charge in [-0.05, 0) is 24.5 Å². The van der Waals surface area contributed by atoms with E-state index in [1.165, 1.54) is 43.5 Å². The number of carbonyl (C=O) groups is 2. The maximum Gasteiger partial charge on any atom is 0.331 e. The third-order valence-electron chi connectivity index (χ3n) is 4.31. The molecule has 7 nitrogen and oxygen atoms in total. The van der Waals surface area contributed by atoms with Gasteiger partial charge in [0.15, 0.2) is 6.61 Å². The number of nitrogens with zero attached hydrogens (tertiary/aromatic N) is 1. The molecule has 140 valence electrons. The van der Waals surface area contributed by atoms with Gasteiger partial charge in [0, 0.05) is 24.3 Å². The van der Waals surface area contributed by atoms with Crippen molar-refractivity contribution in [1.82, 2.24) is 5.32 Å². The number of non-ortho nitro benzene ring substituents is 1. The van der Waals surface area contributed by atoms with Crippen LogP contribution in [-0.2, 0) is 14.3 Å². The number of carbonyl (C=O) groups excluding carboxylic acids is 2. The number of hydrogen-bond donors (Lipinski definition) is 1. The molecule has 0 atom stereocenters. The lowest BCUT2D eigenvalue weighted by molar-refractivity contribution is -0.384. The maximum atomic E-state index is 11.9. The number of nitro groups is 1. The van der Waals surface area contributed by atoms with Crippen molar-refractivity contribution in [3.8, 4) is 0 Å². The summed E-state index contributed by atoms with van der Waals surface area (Å²) in [5.41, 5.74) is 0.453. The Hall–Kier alpha value is -2.70. The van der Waals surface area contributed by atoms with Gasteiger partial charge >= 0.3 is 5.97 Å². The molecule has 1 fully saturated rings. The molecule has 1 amide bonds. The number of hydrogen-bond acceptors (Lipinski definition) is 5. The zero-order chi connectivity index (χ0) is 18.8. The Labute approximate surface area is 152 Å². The standard InChI is InChI=1S/C19H24N2O5/c22-18(20-16-8-4-2-1-3-5-9-16)14-26-19(23)12-11-15-7-6-10-17(13-15)21(24)25/h6-7,10-13,16H,1-5,8-9,14H2,(H,20,22)/b12-11+. The van der Waals surface area contributed by atoms with Crippen molar-refractivity contribution in [2.45, 2.75) is 51.0 Å². The second-order valence-electron chi connectivity index (χ2n) is 6.40. The fourth-order valence-corrected chi connectivity index (χ4v) is 2.96. The Morgan fingerprint density at radius 2 is 1.88 bits per heavy atom. The van der Waals surface area contributed by atoms with Crippen LogP contribution in [0.4, 0.5) is 5.69 Å². The molecule has 0 saturated heterocycles. The Morgan fingerprint density at radius 3 is 2.58 bits per heavy atom. The van der Waals surface area contributed by atoms with Crippen LogP contribution >= 0.6 is 0 Å². The van der Waals surface area contributed by atoms with Crippen LogP contribution < -0.4 is 5.32 Å². The summed E-state index contributed by atoms with van der Waals surface area (Å²) in [5.74, 6) is -0.961. The highest BCUT2D eigenvalue weighted by molar-refractivity contribution is 5.89. The highest BCUT2D eigenvalue weighted by atomic mass is 16.6. The number of amides is 1. The summed E-state index contributed by atoms with van der Waals surface area (Å²) < 4.78 is 4.93. The molecular formula is C19H24N2O5. The van der Waals surface area contributed by atoms with Crippen LogP contribution in [0.5, 0.6) is 0 Å². The fourth-order valence-electron chi connectivity index (χ4n) is 2.96. The van der Waals surface area contributed by atoms with Crippen molar-refractivity contribution in [2.24, 2.45) is 0 Å². The van der Waals surface area contributed by atoms with E-state index in [0.29, 0.717) is 5.56 Å². The molecule has 0 heterocycles. The van der Waals surface area contributed by atoms with Gasteiger partial charge in [-0.25, -0.2) is 4.79 Å². The fraction of sp³-hybridized carbons (Fsp3) is 0.474. The molecule has 1 aliphatic rings. The third kappa shape index (κ3) is 7.04. The highest BCUT2D eigenvalue weighted by Crippen LogP contribution is 2.17. The van der Waals surface area contributed by atoms with Crippen molar-refractivity contribution in [3.63, 3.8) is 0 Å². The van der Waals surface area contributed by atoms with Gasteiger partial charge in [0.2, 0.25) is 0 Å². The summed E-state index contributed by atoms with van der Waals surface area (Å²) >= 11 is 0. The number of ether oxygens (including phenoxy) is 1. The van der Waals surface area contributed by atoms with Gasteiger partial charge < -0.3 is 10.1 Å². The molecule has 2 rings (SSSR count). The first-order valence-corrected chi connectivity index (χ1v) is 8.93. The Morgan fingerprint density at radius 1 is 1.19 bits per heavy atom. The zero-order valence-corrected chi connectivity index (χ0v) is 14.7. The van der Waals surface area contributed by atoms with Crippen LogP contribution in [-0.4, -0.2) is 29.4 Å². The smallest absolute Gasteiger partial charge is 0.331 e. The minimum atomic E-state index is -0.663. The molecule has 7 heteroatoms. The number of nitrogens with one attached hydrogen (secondary N) is 1. The van der Waals surface area contributed by atoms with Gasteiger partial charge in [-0.1, -0.05) is 44.2 Å². The molecule has 26 heavy (non-hydrogen) atoms. The lowest BCUT2D eigenvalue weighted by atomic mass is 9.97. The summed E-state index contributed by atoms with van der Waals surface area (Å²) in [7, 11) is 0. The van der Waals surface area contributed by atoms with E-state index in [1.807, 2.05) is 0 Å². The number of rotatable bonds is 6. The van der Waals surface area contributed by atoms with Crippen LogP contribution in [0.3, 0.4) is 0 Å².